The van der Waals surface area contributed by atoms with Gasteiger partial charge in [0, 0.05) is 48.2 Å². The zero-order valence-electron chi connectivity index (χ0n) is 22.6. The van der Waals surface area contributed by atoms with Gasteiger partial charge in [-0.1, -0.05) is 57.2 Å². The van der Waals surface area contributed by atoms with E-state index in [-0.39, 0.29) is 23.9 Å². The maximum absolute atomic E-state index is 13.9. The Morgan fingerprint density at radius 2 is 1.43 bits per heavy atom. The van der Waals surface area contributed by atoms with Crippen LogP contribution in [0, 0.1) is 0 Å². The molecule has 37 heavy (non-hydrogen) atoms. The summed E-state index contributed by atoms with van der Waals surface area (Å²) in [6.45, 7) is 10.4. The molecule has 3 aromatic rings. The Morgan fingerprint density at radius 1 is 0.811 bits per heavy atom. The van der Waals surface area contributed by atoms with Crippen LogP contribution in [0.4, 0.5) is 17.1 Å². The Bertz CT molecular complexity index is 1190. The molecule has 194 valence electrons. The highest BCUT2D eigenvalue weighted by atomic mass is 16.2. The molecule has 0 radical (unpaired) electrons. The van der Waals surface area contributed by atoms with Crippen molar-refractivity contribution in [2.24, 2.45) is 0 Å². The third-order valence-corrected chi connectivity index (χ3v) is 7.16. The molecule has 0 bridgehead atoms. The van der Waals surface area contributed by atoms with Crippen LogP contribution in [0.3, 0.4) is 0 Å². The van der Waals surface area contributed by atoms with Crippen molar-refractivity contribution in [1.29, 1.82) is 0 Å². The molecule has 1 heterocycles. The summed E-state index contributed by atoms with van der Waals surface area (Å²) in [5, 5.41) is 0. The number of fused-ring (bicyclic) bond motifs is 1. The van der Waals surface area contributed by atoms with E-state index >= 15 is 0 Å². The van der Waals surface area contributed by atoms with Crippen molar-refractivity contribution in [3.05, 3.63) is 90.0 Å². The second-order valence-corrected chi connectivity index (χ2v) is 9.82. The molecule has 1 aliphatic heterocycles. The molecule has 2 atom stereocenters. The van der Waals surface area contributed by atoms with Gasteiger partial charge < -0.3 is 14.7 Å². The van der Waals surface area contributed by atoms with Gasteiger partial charge in [-0.05, 0) is 74.2 Å². The van der Waals surface area contributed by atoms with Gasteiger partial charge in [0.15, 0.2) is 0 Å². The van der Waals surface area contributed by atoms with Gasteiger partial charge in [0.2, 0.25) is 5.91 Å². The number of benzene rings is 3. The summed E-state index contributed by atoms with van der Waals surface area (Å²) in [6, 6.07) is 25.7. The first-order chi connectivity index (χ1) is 18.0. The van der Waals surface area contributed by atoms with Crippen molar-refractivity contribution in [3.8, 4) is 0 Å². The van der Waals surface area contributed by atoms with Gasteiger partial charge in [0.25, 0.3) is 5.91 Å². The number of carbonyl (C=O) groups is 2. The van der Waals surface area contributed by atoms with Gasteiger partial charge in [-0.15, -0.1) is 0 Å². The van der Waals surface area contributed by atoms with E-state index in [2.05, 4.69) is 43.9 Å². The molecule has 4 rings (SSSR count). The molecule has 5 nitrogen and oxygen atoms in total. The number of para-hydroxylation sites is 2. The van der Waals surface area contributed by atoms with E-state index in [1.165, 1.54) is 0 Å². The van der Waals surface area contributed by atoms with Crippen molar-refractivity contribution in [3.63, 3.8) is 0 Å². The molecule has 5 heteroatoms. The van der Waals surface area contributed by atoms with Gasteiger partial charge in [-0.3, -0.25) is 9.59 Å². The van der Waals surface area contributed by atoms with Crippen LogP contribution in [0.5, 0.6) is 0 Å². The topological polar surface area (TPSA) is 43.9 Å². The minimum atomic E-state index is -0.135. The van der Waals surface area contributed by atoms with E-state index in [9.17, 15) is 9.59 Å². The third kappa shape index (κ3) is 5.56. The minimum Gasteiger partial charge on any atom is -0.372 e. The van der Waals surface area contributed by atoms with Crippen LogP contribution in [0.1, 0.15) is 75.3 Å². The summed E-state index contributed by atoms with van der Waals surface area (Å²) < 4.78 is 0. The van der Waals surface area contributed by atoms with E-state index < -0.39 is 0 Å². The van der Waals surface area contributed by atoms with E-state index in [1.54, 1.807) is 0 Å². The van der Waals surface area contributed by atoms with Crippen molar-refractivity contribution in [1.82, 2.24) is 0 Å². The first kappa shape index (κ1) is 26.5. The van der Waals surface area contributed by atoms with Gasteiger partial charge in [-0.25, -0.2) is 0 Å². The molecule has 0 saturated heterocycles. The van der Waals surface area contributed by atoms with Crippen molar-refractivity contribution in [2.45, 2.75) is 65.5 Å². The average Bonchev–Trinajstić information content (AvgIpc) is 2.93. The van der Waals surface area contributed by atoms with E-state index in [4.69, 9.17) is 0 Å². The summed E-state index contributed by atoms with van der Waals surface area (Å²) in [5.41, 5.74) is 4.61. The lowest BCUT2D eigenvalue weighted by molar-refractivity contribution is -0.118. The highest BCUT2D eigenvalue weighted by Gasteiger charge is 2.38. The van der Waals surface area contributed by atoms with Crippen molar-refractivity contribution >= 4 is 28.9 Å². The summed E-state index contributed by atoms with van der Waals surface area (Å²) in [4.78, 5) is 33.3. The molecule has 2 amide bonds. The fourth-order valence-electron chi connectivity index (χ4n) is 5.46. The minimum absolute atomic E-state index is 0.00411. The smallest absolute Gasteiger partial charge is 0.258 e. The van der Waals surface area contributed by atoms with Crippen LogP contribution in [-0.4, -0.2) is 30.9 Å². The fraction of sp³-hybridized carbons (Fsp3) is 0.375. The molecule has 0 spiro atoms. The quantitative estimate of drug-likeness (QED) is 0.313. The number of anilines is 3. The number of hydrogen-bond acceptors (Lipinski definition) is 3. The normalized spacial score (nSPS) is 16.7. The van der Waals surface area contributed by atoms with Crippen molar-refractivity contribution < 1.29 is 9.59 Å². The number of hydrogen-bond donors (Lipinski definition) is 0. The molecular formula is C32H39N3O2. The molecule has 3 aromatic carbocycles. The summed E-state index contributed by atoms with van der Waals surface area (Å²) in [5.74, 6) is 0.0767. The lowest BCUT2D eigenvalue weighted by Crippen LogP contribution is -2.47. The highest BCUT2D eigenvalue weighted by Crippen LogP contribution is 2.43. The van der Waals surface area contributed by atoms with Gasteiger partial charge in [0.05, 0.1) is 6.04 Å². The number of nitrogens with zero attached hydrogens (tertiary/aromatic N) is 3. The van der Waals surface area contributed by atoms with Crippen LogP contribution >= 0.6 is 0 Å². The zero-order chi connectivity index (χ0) is 26.4. The Balaban J connectivity index is 1.67. The number of rotatable bonds is 9. The fourth-order valence-corrected chi connectivity index (χ4v) is 5.46. The summed E-state index contributed by atoms with van der Waals surface area (Å²) in [6.07, 6.45) is 3.27. The Kier molecular flexibility index (Phi) is 8.65. The Hall–Kier alpha value is -3.60. The highest BCUT2D eigenvalue weighted by molar-refractivity contribution is 6.07. The summed E-state index contributed by atoms with van der Waals surface area (Å²) >= 11 is 0. The van der Waals surface area contributed by atoms with E-state index in [0.29, 0.717) is 18.4 Å². The molecule has 0 aromatic heterocycles. The first-order valence-corrected chi connectivity index (χ1v) is 13.6. The molecule has 0 aliphatic carbocycles. The predicted molar refractivity (Wildman–Crippen MR) is 154 cm³/mol. The largest absolute Gasteiger partial charge is 0.372 e. The van der Waals surface area contributed by atoms with Crippen LogP contribution in [0.25, 0.3) is 0 Å². The summed E-state index contributed by atoms with van der Waals surface area (Å²) in [7, 11) is 0. The van der Waals surface area contributed by atoms with Gasteiger partial charge >= 0.3 is 0 Å². The zero-order valence-corrected chi connectivity index (χ0v) is 22.6. The van der Waals surface area contributed by atoms with Gasteiger partial charge in [-0.2, -0.15) is 0 Å². The standard InChI is InChI=1S/C32H39N3O2/c1-5-21-33(22-6-2)26-19-17-25(18-20-26)32(37)34-24(4)23-30(28-15-11-12-16-29(28)34)35(31(36)7-3)27-13-9-8-10-14-27/h8-20,24,30H,5-7,21-23H2,1-4H3. The SMILES string of the molecule is CCCN(CCC)c1ccc(C(=O)N2c3ccccc3C(N(C(=O)CC)c3ccccc3)CC2C)cc1. The van der Waals surface area contributed by atoms with Crippen LogP contribution in [0.15, 0.2) is 78.9 Å². The van der Waals surface area contributed by atoms with Crippen LogP contribution < -0.4 is 14.7 Å². The second kappa shape index (κ2) is 12.1. The maximum Gasteiger partial charge on any atom is 0.258 e. The lowest BCUT2D eigenvalue weighted by Gasteiger charge is -2.43. The lowest BCUT2D eigenvalue weighted by atomic mass is 9.89. The number of carbonyl (C=O) groups excluding carboxylic acids is 2. The molecule has 1 aliphatic rings. The van der Waals surface area contributed by atoms with Gasteiger partial charge in [0.1, 0.15) is 0 Å². The molecular weight excluding hydrogens is 458 g/mol. The van der Waals surface area contributed by atoms with Crippen molar-refractivity contribution in [2.75, 3.05) is 27.8 Å². The molecule has 2 unspecified atom stereocenters. The molecule has 0 fully saturated rings. The maximum atomic E-state index is 13.9. The molecule has 0 saturated carbocycles. The average molecular weight is 498 g/mol. The predicted octanol–water partition coefficient (Wildman–Crippen LogP) is 7.24. The monoisotopic (exact) mass is 497 g/mol. The second-order valence-electron chi connectivity index (χ2n) is 9.82. The van der Waals surface area contributed by atoms with E-state index in [1.807, 2.05) is 77.4 Å². The number of amides is 2. The Labute approximate surface area is 221 Å². The first-order valence-electron chi connectivity index (χ1n) is 13.6. The Morgan fingerprint density at radius 3 is 2.05 bits per heavy atom. The van der Waals surface area contributed by atoms with Crippen LogP contribution in [-0.2, 0) is 4.79 Å². The van der Waals surface area contributed by atoms with E-state index in [0.717, 1.165) is 48.6 Å². The van der Waals surface area contributed by atoms with Crippen LogP contribution in [0.2, 0.25) is 0 Å². The third-order valence-electron chi connectivity index (χ3n) is 7.16. The molecule has 0 N–H and O–H groups in total.